The molecule has 1 aromatic heterocycles. The summed E-state index contributed by atoms with van der Waals surface area (Å²) in [7, 11) is -3.02. The molecular weight excluding hydrogens is 336 g/mol. The molecule has 1 saturated carbocycles. The van der Waals surface area contributed by atoms with Gasteiger partial charge in [-0.3, -0.25) is 4.79 Å². The molecule has 0 unspecified atom stereocenters. The van der Waals surface area contributed by atoms with Crippen molar-refractivity contribution in [3.05, 3.63) is 5.82 Å². The second kappa shape index (κ2) is 6.08. The summed E-state index contributed by atoms with van der Waals surface area (Å²) < 4.78 is 25.2. The van der Waals surface area contributed by atoms with Gasteiger partial charge in [-0.15, -0.1) is 10.2 Å². The molecule has 1 N–H and O–H groups in total. The summed E-state index contributed by atoms with van der Waals surface area (Å²) in [4.78, 5) is 12.2. The Balaban J connectivity index is 1.57. The molecule has 1 aliphatic carbocycles. The Morgan fingerprint density at radius 3 is 2.74 bits per heavy atom. The van der Waals surface area contributed by atoms with Crippen LogP contribution in [-0.4, -0.2) is 51.9 Å². The number of carbonyl (C=O) groups is 1. The van der Waals surface area contributed by atoms with E-state index in [1.165, 1.54) is 11.8 Å². The number of hydrogen-bond acceptors (Lipinski definition) is 6. The standard InChI is InChI=1S/C14H22N4O3S2/c1-3-18-12(10-4-5-10)16-17-13(18)22-8-11(19)15-14(2)6-7-23(20,21)9-14/h10H,3-9H2,1-2H3,(H,15,19)/t14-/m1/s1. The molecule has 23 heavy (non-hydrogen) atoms. The van der Waals surface area contributed by atoms with Gasteiger partial charge in [-0.05, 0) is 33.1 Å². The summed E-state index contributed by atoms with van der Waals surface area (Å²) in [6.45, 7) is 4.63. The van der Waals surface area contributed by atoms with Crippen LogP contribution in [0.4, 0.5) is 0 Å². The molecule has 1 amide bonds. The Hall–Kier alpha value is -1.09. The molecule has 2 heterocycles. The fourth-order valence-corrected chi connectivity index (χ4v) is 5.86. The Labute approximate surface area is 140 Å². The van der Waals surface area contributed by atoms with Crippen molar-refractivity contribution in [3.8, 4) is 0 Å². The van der Waals surface area contributed by atoms with Crippen molar-refractivity contribution in [1.29, 1.82) is 0 Å². The maximum Gasteiger partial charge on any atom is 0.230 e. The molecule has 0 spiro atoms. The van der Waals surface area contributed by atoms with E-state index in [9.17, 15) is 13.2 Å². The van der Waals surface area contributed by atoms with Crippen LogP contribution in [0.3, 0.4) is 0 Å². The molecule has 7 nitrogen and oxygen atoms in total. The maximum atomic E-state index is 12.2. The van der Waals surface area contributed by atoms with Crippen LogP contribution in [0.15, 0.2) is 5.16 Å². The van der Waals surface area contributed by atoms with Crippen molar-refractivity contribution >= 4 is 27.5 Å². The molecule has 1 atom stereocenters. The Bertz CT molecular complexity index is 712. The number of carbonyl (C=O) groups excluding carboxylic acids is 1. The smallest absolute Gasteiger partial charge is 0.230 e. The number of amides is 1. The quantitative estimate of drug-likeness (QED) is 0.761. The highest BCUT2D eigenvalue weighted by atomic mass is 32.2. The molecule has 2 fully saturated rings. The zero-order chi connectivity index (χ0) is 16.7. The summed E-state index contributed by atoms with van der Waals surface area (Å²) in [5, 5.41) is 12.1. The molecule has 1 aromatic rings. The first-order valence-electron chi connectivity index (χ1n) is 7.89. The molecule has 0 bridgehead atoms. The van der Waals surface area contributed by atoms with E-state index in [1.807, 2.05) is 6.92 Å². The Kier molecular flexibility index (Phi) is 4.43. The van der Waals surface area contributed by atoms with E-state index < -0.39 is 15.4 Å². The lowest BCUT2D eigenvalue weighted by Gasteiger charge is -2.23. The molecule has 1 saturated heterocycles. The highest BCUT2D eigenvalue weighted by Crippen LogP contribution is 2.39. The zero-order valence-electron chi connectivity index (χ0n) is 13.4. The van der Waals surface area contributed by atoms with Gasteiger partial charge in [0.25, 0.3) is 0 Å². The largest absolute Gasteiger partial charge is 0.349 e. The van der Waals surface area contributed by atoms with Gasteiger partial charge in [-0.2, -0.15) is 0 Å². The van der Waals surface area contributed by atoms with Gasteiger partial charge in [0.1, 0.15) is 5.82 Å². The lowest BCUT2D eigenvalue weighted by Crippen LogP contribution is -2.47. The lowest BCUT2D eigenvalue weighted by molar-refractivity contribution is -0.120. The second-order valence-corrected chi connectivity index (χ2v) is 9.73. The number of rotatable bonds is 6. The van der Waals surface area contributed by atoms with Crippen LogP contribution in [0.25, 0.3) is 0 Å². The van der Waals surface area contributed by atoms with Gasteiger partial charge in [0.05, 0.1) is 22.8 Å². The van der Waals surface area contributed by atoms with Crippen LogP contribution < -0.4 is 5.32 Å². The molecule has 9 heteroatoms. The van der Waals surface area contributed by atoms with E-state index in [0.717, 1.165) is 30.4 Å². The highest BCUT2D eigenvalue weighted by Gasteiger charge is 2.39. The van der Waals surface area contributed by atoms with Crippen molar-refractivity contribution in [2.45, 2.75) is 56.3 Å². The molecule has 0 radical (unpaired) electrons. The topological polar surface area (TPSA) is 94.0 Å². The summed E-state index contributed by atoms with van der Waals surface area (Å²) in [6.07, 6.45) is 2.80. The van der Waals surface area contributed by atoms with Gasteiger partial charge < -0.3 is 9.88 Å². The summed E-state index contributed by atoms with van der Waals surface area (Å²) >= 11 is 1.36. The normalized spacial score (nSPS) is 26.3. The second-order valence-electron chi connectivity index (χ2n) is 6.60. The van der Waals surface area contributed by atoms with Crippen LogP contribution in [0.2, 0.25) is 0 Å². The molecule has 2 aliphatic rings. The summed E-state index contributed by atoms with van der Waals surface area (Å²) in [5.74, 6) is 1.77. The number of thioether (sulfide) groups is 1. The van der Waals surface area contributed by atoms with Crippen LogP contribution in [0.5, 0.6) is 0 Å². The number of nitrogens with zero attached hydrogens (tertiary/aromatic N) is 3. The van der Waals surface area contributed by atoms with Gasteiger partial charge >= 0.3 is 0 Å². The third-order valence-electron chi connectivity index (χ3n) is 4.28. The van der Waals surface area contributed by atoms with Crippen LogP contribution >= 0.6 is 11.8 Å². The van der Waals surface area contributed by atoms with Crippen LogP contribution in [0.1, 0.15) is 44.9 Å². The first-order chi connectivity index (χ1) is 10.8. The molecule has 1 aliphatic heterocycles. The highest BCUT2D eigenvalue weighted by molar-refractivity contribution is 7.99. The molecule has 128 valence electrons. The SMILES string of the molecule is CCn1c(SCC(=O)N[C@]2(C)CCS(=O)(=O)C2)nnc1C1CC1. The summed E-state index contributed by atoms with van der Waals surface area (Å²) in [5.41, 5.74) is -0.645. The van der Waals surface area contributed by atoms with Crippen molar-refractivity contribution < 1.29 is 13.2 Å². The fourth-order valence-electron chi connectivity index (χ4n) is 2.96. The average molecular weight is 358 g/mol. The molecule has 0 aromatic carbocycles. The monoisotopic (exact) mass is 358 g/mol. The maximum absolute atomic E-state index is 12.2. The third kappa shape index (κ3) is 3.88. The predicted molar refractivity (Wildman–Crippen MR) is 88.2 cm³/mol. The third-order valence-corrected chi connectivity index (χ3v) is 7.15. The minimum atomic E-state index is -3.02. The minimum absolute atomic E-state index is 0.0212. The minimum Gasteiger partial charge on any atom is -0.349 e. The van der Waals surface area contributed by atoms with Gasteiger partial charge in [0.2, 0.25) is 5.91 Å². The fraction of sp³-hybridized carbons (Fsp3) is 0.786. The molecular formula is C14H22N4O3S2. The number of nitrogens with one attached hydrogen (secondary N) is 1. The first kappa shape index (κ1) is 16.8. The van der Waals surface area contributed by atoms with Crippen molar-refractivity contribution in [3.63, 3.8) is 0 Å². The van der Waals surface area contributed by atoms with Crippen LogP contribution in [0, 0.1) is 0 Å². The number of hydrogen-bond donors (Lipinski definition) is 1. The first-order valence-corrected chi connectivity index (χ1v) is 10.7. The summed E-state index contributed by atoms with van der Waals surface area (Å²) in [6, 6.07) is 0. The van der Waals surface area contributed by atoms with E-state index in [4.69, 9.17) is 0 Å². The Morgan fingerprint density at radius 1 is 1.43 bits per heavy atom. The van der Waals surface area contributed by atoms with Gasteiger partial charge in [-0.1, -0.05) is 11.8 Å². The number of aromatic nitrogens is 3. The lowest BCUT2D eigenvalue weighted by atomic mass is 10.0. The van der Waals surface area contributed by atoms with E-state index in [1.54, 1.807) is 6.92 Å². The van der Waals surface area contributed by atoms with E-state index in [-0.39, 0.29) is 23.2 Å². The Morgan fingerprint density at radius 2 is 2.17 bits per heavy atom. The van der Waals surface area contributed by atoms with Crippen molar-refractivity contribution in [2.24, 2.45) is 0 Å². The number of sulfone groups is 1. The van der Waals surface area contributed by atoms with Gasteiger partial charge in [0, 0.05) is 12.5 Å². The van der Waals surface area contributed by atoms with Gasteiger partial charge in [-0.25, -0.2) is 8.42 Å². The van der Waals surface area contributed by atoms with E-state index >= 15 is 0 Å². The van der Waals surface area contributed by atoms with E-state index in [2.05, 4.69) is 20.1 Å². The zero-order valence-corrected chi connectivity index (χ0v) is 15.0. The van der Waals surface area contributed by atoms with E-state index in [0.29, 0.717) is 12.3 Å². The molecule has 3 rings (SSSR count). The predicted octanol–water partition coefficient (Wildman–Crippen LogP) is 0.961. The van der Waals surface area contributed by atoms with Crippen molar-refractivity contribution in [1.82, 2.24) is 20.1 Å². The van der Waals surface area contributed by atoms with Crippen molar-refractivity contribution in [2.75, 3.05) is 17.3 Å². The van der Waals surface area contributed by atoms with Crippen LogP contribution in [-0.2, 0) is 21.2 Å². The average Bonchev–Trinajstić information content (AvgIpc) is 3.16. The van der Waals surface area contributed by atoms with Gasteiger partial charge in [0.15, 0.2) is 15.0 Å².